The highest BCUT2D eigenvalue weighted by atomic mass is 16.7. The Kier molecular flexibility index (Phi) is 5.41. The van der Waals surface area contributed by atoms with Gasteiger partial charge in [-0.25, -0.2) is 4.79 Å². The molecule has 4 unspecified atom stereocenters. The first kappa shape index (κ1) is 16.0. The van der Waals surface area contributed by atoms with Gasteiger partial charge in [-0.1, -0.05) is 19.9 Å². The molecule has 0 heterocycles. The van der Waals surface area contributed by atoms with E-state index in [-0.39, 0.29) is 5.92 Å². The van der Waals surface area contributed by atoms with Gasteiger partial charge in [-0.3, -0.25) is 0 Å². The van der Waals surface area contributed by atoms with Gasteiger partial charge in [0.2, 0.25) is 0 Å². The summed E-state index contributed by atoms with van der Waals surface area (Å²) in [6, 6.07) is 0. The molecule has 1 N–H and O–H groups in total. The van der Waals surface area contributed by atoms with Crippen molar-refractivity contribution < 1.29 is 19.4 Å². The van der Waals surface area contributed by atoms with Crippen molar-refractivity contribution in [2.75, 3.05) is 0 Å². The zero-order chi connectivity index (χ0) is 14.6. The van der Waals surface area contributed by atoms with Crippen LogP contribution in [0.25, 0.3) is 0 Å². The summed E-state index contributed by atoms with van der Waals surface area (Å²) in [4.78, 5) is 11.6. The average Bonchev–Trinajstić information content (AvgIpc) is 2.21. The van der Waals surface area contributed by atoms with E-state index >= 15 is 0 Å². The van der Waals surface area contributed by atoms with Crippen LogP contribution in [-0.2, 0) is 9.47 Å². The summed E-state index contributed by atoms with van der Waals surface area (Å²) in [7, 11) is 0. The number of rotatable bonds is 1. The third-order valence-corrected chi connectivity index (χ3v) is 3.17. The van der Waals surface area contributed by atoms with Crippen LogP contribution in [0.5, 0.6) is 0 Å². The quantitative estimate of drug-likeness (QED) is 0.587. The van der Waals surface area contributed by atoms with E-state index in [0.29, 0.717) is 12.3 Å². The number of hydrogen-bond acceptors (Lipinski definition) is 4. The molecule has 0 bridgehead atoms. The molecule has 1 rings (SSSR count). The van der Waals surface area contributed by atoms with E-state index in [1.165, 1.54) is 0 Å². The zero-order valence-corrected chi connectivity index (χ0v) is 12.6. The van der Waals surface area contributed by atoms with Crippen LogP contribution in [0.3, 0.4) is 0 Å². The number of aliphatic hydroxyl groups excluding tert-OH is 1. The number of ether oxygens (including phenoxy) is 2. The van der Waals surface area contributed by atoms with E-state index in [0.717, 1.165) is 6.42 Å². The van der Waals surface area contributed by atoms with Crippen LogP contribution in [0.2, 0.25) is 0 Å². The van der Waals surface area contributed by atoms with Crippen LogP contribution in [0.4, 0.5) is 4.79 Å². The Labute approximate surface area is 115 Å². The van der Waals surface area contributed by atoms with Crippen molar-refractivity contribution in [3.8, 4) is 0 Å². The van der Waals surface area contributed by atoms with Gasteiger partial charge >= 0.3 is 6.16 Å². The number of carbonyl (C=O) groups is 1. The number of carbonyl (C=O) groups excluding carboxylic acids is 1. The molecule has 19 heavy (non-hydrogen) atoms. The third-order valence-electron chi connectivity index (χ3n) is 3.17. The maximum absolute atomic E-state index is 11.6. The van der Waals surface area contributed by atoms with Crippen molar-refractivity contribution >= 4 is 6.16 Å². The highest BCUT2D eigenvalue weighted by molar-refractivity contribution is 5.61. The van der Waals surface area contributed by atoms with Gasteiger partial charge < -0.3 is 14.6 Å². The predicted molar refractivity (Wildman–Crippen MR) is 73.8 cm³/mol. The fraction of sp³-hybridized carbons (Fsp3) is 0.800. The summed E-state index contributed by atoms with van der Waals surface area (Å²) in [5.74, 6) is 0.569. The molecular formula is C15H26O4. The highest BCUT2D eigenvalue weighted by Gasteiger charge is 2.26. The molecule has 0 amide bonds. The van der Waals surface area contributed by atoms with E-state index < -0.39 is 24.0 Å². The van der Waals surface area contributed by atoms with Gasteiger partial charge in [0, 0.05) is 6.42 Å². The van der Waals surface area contributed by atoms with Gasteiger partial charge in [0.15, 0.2) is 0 Å². The molecule has 110 valence electrons. The molecular weight excluding hydrogens is 244 g/mol. The lowest BCUT2D eigenvalue weighted by Crippen LogP contribution is -2.31. The lowest BCUT2D eigenvalue weighted by molar-refractivity contribution is -0.0309. The van der Waals surface area contributed by atoms with Crippen molar-refractivity contribution in [2.45, 2.75) is 65.3 Å². The molecule has 0 aromatic rings. The Morgan fingerprint density at radius 3 is 2.42 bits per heavy atom. The van der Waals surface area contributed by atoms with Gasteiger partial charge in [-0.2, -0.15) is 0 Å². The van der Waals surface area contributed by atoms with Crippen molar-refractivity contribution in [3.63, 3.8) is 0 Å². The molecule has 0 aliphatic heterocycles. The fourth-order valence-electron chi connectivity index (χ4n) is 2.17. The lowest BCUT2D eigenvalue weighted by atomic mass is 9.87. The van der Waals surface area contributed by atoms with Gasteiger partial charge in [0.05, 0.1) is 6.10 Å². The molecule has 4 heteroatoms. The molecule has 0 fully saturated rings. The molecule has 1 aliphatic carbocycles. The number of hydrogen-bond donors (Lipinski definition) is 1. The Bertz CT molecular complexity index is 330. The van der Waals surface area contributed by atoms with E-state index in [1.807, 2.05) is 19.1 Å². The summed E-state index contributed by atoms with van der Waals surface area (Å²) >= 11 is 0. The minimum atomic E-state index is -0.685. The van der Waals surface area contributed by atoms with Crippen molar-refractivity contribution in [1.29, 1.82) is 0 Å². The minimum absolute atomic E-state index is 0.199. The second kappa shape index (κ2) is 6.42. The van der Waals surface area contributed by atoms with Gasteiger partial charge in [0.25, 0.3) is 0 Å². The molecule has 0 saturated heterocycles. The monoisotopic (exact) mass is 270 g/mol. The van der Waals surface area contributed by atoms with Crippen LogP contribution < -0.4 is 0 Å². The molecule has 0 aromatic carbocycles. The van der Waals surface area contributed by atoms with Gasteiger partial charge in [-0.05, 0) is 45.1 Å². The normalized spacial score (nSPS) is 34.0. The maximum Gasteiger partial charge on any atom is 0.509 e. The van der Waals surface area contributed by atoms with Crippen molar-refractivity contribution in [1.82, 2.24) is 0 Å². The van der Waals surface area contributed by atoms with Crippen molar-refractivity contribution in [3.05, 3.63) is 12.2 Å². The van der Waals surface area contributed by atoms with E-state index in [4.69, 9.17) is 9.47 Å². The predicted octanol–water partition coefficient (Wildman–Crippen LogP) is 3.29. The van der Waals surface area contributed by atoms with Crippen LogP contribution in [0.1, 0.15) is 47.5 Å². The number of aliphatic hydroxyl groups is 1. The first-order valence-electron chi connectivity index (χ1n) is 6.93. The molecule has 0 radical (unpaired) electrons. The zero-order valence-electron chi connectivity index (χ0n) is 12.6. The van der Waals surface area contributed by atoms with E-state index in [2.05, 4.69) is 6.92 Å². The third kappa shape index (κ3) is 6.10. The lowest BCUT2D eigenvalue weighted by Gasteiger charge is -2.27. The van der Waals surface area contributed by atoms with E-state index in [1.54, 1.807) is 20.8 Å². The molecule has 0 aromatic heterocycles. The SMILES string of the molecule is CC1/C=C/C(OC(=O)OC(C)(C)C)CC(O)C(C)C1. The first-order valence-corrected chi connectivity index (χ1v) is 6.93. The Hall–Kier alpha value is -1.03. The smallest absolute Gasteiger partial charge is 0.429 e. The second-order valence-electron chi connectivity index (χ2n) is 6.50. The van der Waals surface area contributed by atoms with Crippen LogP contribution >= 0.6 is 0 Å². The highest BCUT2D eigenvalue weighted by Crippen LogP contribution is 2.24. The van der Waals surface area contributed by atoms with Crippen LogP contribution in [0.15, 0.2) is 12.2 Å². The largest absolute Gasteiger partial charge is 0.509 e. The minimum Gasteiger partial charge on any atom is -0.429 e. The molecule has 4 atom stereocenters. The molecule has 0 saturated carbocycles. The summed E-state index contributed by atoms with van der Waals surface area (Å²) < 4.78 is 10.4. The van der Waals surface area contributed by atoms with Gasteiger partial charge in [-0.15, -0.1) is 0 Å². The number of allylic oxidation sites excluding steroid dienone is 1. The standard InChI is InChI=1S/C15H26O4/c1-10-6-7-12(9-13(16)11(2)8-10)18-14(17)19-15(3,4)5/h6-7,10-13,16H,8-9H2,1-5H3/b7-6+. The Morgan fingerprint density at radius 2 is 1.84 bits per heavy atom. The molecule has 4 nitrogen and oxygen atoms in total. The Balaban J connectivity index is 2.63. The Morgan fingerprint density at radius 1 is 1.21 bits per heavy atom. The van der Waals surface area contributed by atoms with Crippen LogP contribution in [-0.4, -0.2) is 29.1 Å². The van der Waals surface area contributed by atoms with Gasteiger partial charge in [0.1, 0.15) is 11.7 Å². The summed E-state index contributed by atoms with van der Waals surface area (Å²) in [6.45, 7) is 9.49. The maximum atomic E-state index is 11.6. The van der Waals surface area contributed by atoms with Crippen molar-refractivity contribution in [2.24, 2.45) is 11.8 Å². The molecule has 1 aliphatic rings. The average molecular weight is 270 g/mol. The van der Waals surface area contributed by atoms with E-state index in [9.17, 15) is 9.90 Å². The van der Waals surface area contributed by atoms with Crippen LogP contribution in [0, 0.1) is 11.8 Å². The summed E-state index contributed by atoms with van der Waals surface area (Å²) in [5.41, 5.74) is -0.568. The second-order valence-corrected chi connectivity index (χ2v) is 6.50. The topological polar surface area (TPSA) is 55.8 Å². The first-order chi connectivity index (χ1) is 8.67. The summed E-state index contributed by atoms with van der Waals surface area (Å²) in [6.07, 6.45) is 3.69. The fourth-order valence-corrected chi connectivity index (χ4v) is 2.17. The molecule has 0 spiro atoms. The summed E-state index contributed by atoms with van der Waals surface area (Å²) in [5, 5.41) is 10.1.